The van der Waals surface area contributed by atoms with Crippen LogP contribution in [0.25, 0.3) is 22.4 Å². The Hall–Kier alpha value is -3.60. The number of nitrogens with one attached hydrogen (secondary N) is 2. The largest absolute Gasteiger partial charge is 0.494 e. The third-order valence-corrected chi connectivity index (χ3v) is 4.41. The predicted octanol–water partition coefficient (Wildman–Crippen LogP) is 5.03. The van der Waals surface area contributed by atoms with Crippen LogP contribution in [0.5, 0.6) is 5.75 Å². The number of aromatic amines is 1. The summed E-state index contributed by atoms with van der Waals surface area (Å²) < 4.78 is 5.64. The summed E-state index contributed by atoms with van der Waals surface area (Å²) >= 11 is 0. The van der Waals surface area contributed by atoms with Gasteiger partial charge in [0.05, 0.1) is 23.3 Å². The number of aromatic nitrogens is 2. The van der Waals surface area contributed by atoms with Crippen LogP contribution in [0.3, 0.4) is 0 Å². The lowest BCUT2D eigenvalue weighted by molar-refractivity contribution is -0.116. The van der Waals surface area contributed by atoms with Crippen molar-refractivity contribution in [2.75, 3.05) is 11.9 Å². The van der Waals surface area contributed by atoms with Crippen LogP contribution in [-0.4, -0.2) is 22.5 Å². The monoisotopic (exact) mass is 371 g/mol. The van der Waals surface area contributed by atoms with Crippen molar-refractivity contribution in [1.29, 1.82) is 0 Å². The minimum atomic E-state index is -0.0415. The van der Waals surface area contributed by atoms with Crippen LogP contribution in [0.2, 0.25) is 0 Å². The number of hydrogen-bond acceptors (Lipinski definition) is 3. The number of benzene rings is 3. The molecule has 4 aromatic rings. The fourth-order valence-electron chi connectivity index (χ4n) is 3.03. The Morgan fingerprint density at radius 1 is 0.929 bits per heavy atom. The van der Waals surface area contributed by atoms with Crippen molar-refractivity contribution in [3.8, 4) is 17.1 Å². The molecule has 1 amide bonds. The lowest BCUT2D eigenvalue weighted by atomic mass is 10.1. The number of amides is 1. The van der Waals surface area contributed by atoms with E-state index in [9.17, 15) is 4.79 Å². The van der Waals surface area contributed by atoms with Gasteiger partial charge in [0.2, 0.25) is 5.91 Å². The maximum atomic E-state index is 12.4. The molecule has 0 bridgehead atoms. The lowest BCUT2D eigenvalue weighted by Gasteiger charge is -2.10. The van der Waals surface area contributed by atoms with Crippen LogP contribution in [-0.2, 0) is 4.79 Å². The highest BCUT2D eigenvalue weighted by Gasteiger charge is 2.11. The normalized spacial score (nSPS) is 10.7. The number of carbonyl (C=O) groups is 1. The first-order chi connectivity index (χ1) is 13.8. The van der Waals surface area contributed by atoms with E-state index in [4.69, 9.17) is 4.74 Å². The molecule has 0 radical (unpaired) electrons. The fraction of sp³-hybridized carbons (Fsp3) is 0.130. The van der Waals surface area contributed by atoms with Crippen molar-refractivity contribution in [2.45, 2.75) is 12.8 Å². The molecule has 5 heteroatoms. The molecule has 1 heterocycles. The predicted molar refractivity (Wildman–Crippen MR) is 111 cm³/mol. The highest BCUT2D eigenvalue weighted by atomic mass is 16.5. The molecule has 0 saturated heterocycles. The van der Waals surface area contributed by atoms with E-state index in [1.165, 1.54) is 0 Å². The summed E-state index contributed by atoms with van der Waals surface area (Å²) in [5.41, 5.74) is 3.48. The first kappa shape index (κ1) is 17.8. The molecule has 28 heavy (non-hydrogen) atoms. The summed E-state index contributed by atoms with van der Waals surface area (Å²) in [4.78, 5) is 20.3. The van der Waals surface area contributed by atoms with Gasteiger partial charge in [-0.3, -0.25) is 4.79 Å². The van der Waals surface area contributed by atoms with Crippen molar-refractivity contribution in [3.05, 3.63) is 78.9 Å². The summed E-state index contributed by atoms with van der Waals surface area (Å²) in [6, 6.07) is 25.2. The van der Waals surface area contributed by atoms with Crippen molar-refractivity contribution in [2.24, 2.45) is 0 Å². The second-order valence-corrected chi connectivity index (χ2v) is 6.46. The van der Waals surface area contributed by atoms with Gasteiger partial charge in [0.1, 0.15) is 11.6 Å². The van der Waals surface area contributed by atoms with Crippen molar-refractivity contribution in [3.63, 3.8) is 0 Å². The molecule has 0 unspecified atom stereocenters. The second-order valence-electron chi connectivity index (χ2n) is 6.46. The quantitative estimate of drug-likeness (QED) is 0.448. The molecule has 0 aliphatic rings. The van der Waals surface area contributed by atoms with Crippen molar-refractivity contribution >= 4 is 22.6 Å². The molecule has 0 fully saturated rings. The SMILES string of the molecule is O=C(CCCOc1ccccc1)Nc1ccccc1-c1nc2ccccc2[nH]1. The Kier molecular flexibility index (Phi) is 5.33. The third kappa shape index (κ3) is 4.20. The number of carbonyl (C=O) groups excluding carboxylic acids is 1. The molecule has 4 rings (SSSR count). The minimum Gasteiger partial charge on any atom is -0.494 e. The van der Waals surface area contributed by atoms with Gasteiger partial charge in [-0.25, -0.2) is 4.98 Å². The summed E-state index contributed by atoms with van der Waals surface area (Å²) in [7, 11) is 0. The Morgan fingerprint density at radius 3 is 2.54 bits per heavy atom. The summed E-state index contributed by atoms with van der Waals surface area (Å²) in [6.07, 6.45) is 1.04. The van der Waals surface area contributed by atoms with Gasteiger partial charge in [-0.15, -0.1) is 0 Å². The van der Waals surface area contributed by atoms with E-state index < -0.39 is 0 Å². The van der Waals surface area contributed by atoms with Gasteiger partial charge in [-0.05, 0) is 42.8 Å². The molecule has 0 aliphatic carbocycles. The number of fused-ring (bicyclic) bond motifs is 1. The van der Waals surface area contributed by atoms with E-state index in [0.717, 1.165) is 33.9 Å². The van der Waals surface area contributed by atoms with Crippen LogP contribution in [0.1, 0.15) is 12.8 Å². The Morgan fingerprint density at radius 2 is 1.68 bits per heavy atom. The van der Waals surface area contributed by atoms with Gasteiger partial charge in [-0.1, -0.05) is 42.5 Å². The molecule has 0 atom stereocenters. The topological polar surface area (TPSA) is 67.0 Å². The summed E-state index contributed by atoms with van der Waals surface area (Å²) in [5.74, 6) is 1.52. The molecule has 0 aliphatic heterocycles. The number of rotatable bonds is 7. The smallest absolute Gasteiger partial charge is 0.224 e. The standard InChI is InChI=1S/C23H21N3O2/c27-22(15-8-16-28-17-9-2-1-3-10-17)24-19-12-5-4-11-18(19)23-25-20-13-6-7-14-21(20)26-23/h1-7,9-14H,8,15-16H2,(H,24,27)(H,25,26). The number of anilines is 1. The highest BCUT2D eigenvalue weighted by molar-refractivity contribution is 5.95. The van der Waals surface area contributed by atoms with Gasteiger partial charge in [0.25, 0.3) is 0 Å². The van der Waals surface area contributed by atoms with Crippen molar-refractivity contribution < 1.29 is 9.53 Å². The lowest BCUT2D eigenvalue weighted by Crippen LogP contribution is -2.13. The molecule has 0 spiro atoms. The number of ether oxygens (including phenoxy) is 1. The molecule has 1 aromatic heterocycles. The Bertz CT molecular complexity index is 1040. The summed E-state index contributed by atoms with van der Waals surface area (Å²) in [5, 5.41) is 3.00. The highest BCUT2D eigenvalue weighted by Crippen LogP contribution is 2.27. The zero-order valence-corrected chi connectivity index (χ0v) is 15.4. The number of para-hydroxylation sites is 4. The molecular formula is C23H21N3O2. The first-order valence-corrected chi connectivity index (χ1v) is 9.31. The zero-order valence-electron chi connectivity index (χ0n) is 15.4. The number of H-pyrrole nitrogens is 1. The minimum absolute atomic E-state index is 0.0415. The second kappa shape index (κ2) is 8.39. The molecule has 3 aromatic carbocycles. The first-order valence-electron chi connectivity index (χ1n) is 9.31. The fourth-order valence-corrected chi connectivity index (χ4v) is 3.03. The average Bonchev–Trinajstić information content (AvgIpc) is 3.16. The van der Waals surface area contributed by atoms with E-state index in [-0.39, 0.29) is 5.91 Å². The number of imidazole rings is 1. The van der Waals surface area contributed by atoms with Crippen LogP contribution < -0.4 is 10.1 Å². The Labute approximate surface area is 163 Å². The molecule has 140 valence electrons. The van der Waals surface area contributed by atoms with Crippen LogP contribution in [0.4, 0.5) is 5.69 Å². The van der Waals surface area contributed by atoms with Gasteiger partial charge in [-0.2, -0.15) is 0 Å². The number of hydrogen-bond donors (Lipinski definition) is 2. The van der Waals surface area contributed by atoms with Gasteiger partial charge >= 0.3 is 0 Å². The van der Waals surface area contributed by atoms with E-state index in [2.05, 4.69) is 15.3 Å². The van der Waals surface area contributed by atoms with E-state index in [1.807, 2.05) is 78.9 Å². The van der Waals surface area contributed by atoms with E-state index in [1.54, 1.807) is 0 Å². The molecule has 5 nitrogen and oxygen atoms in total. The molecule has 0 saturated carbocycles. The van der Waals surface area contributed by atoms with Gasteiger partial charge < -0.3 is 15.0 Å². The van der Waals surface area contributed by atoms with E-state index in [0.29, 0.717) is 19.4 Å². The van der Waals surface area contributed by atoms with Crippen LogP contribution in [0, 0.1) is 0 Å². The van der Waals surface area contributed by atoms with Crippen LogP contribution >= 0.6 is 0 Å². The third-order valence-electron chi connectivity index (χ3n) is 4.41. The van der Waals surface area contributed by atoms with Gasteiger partial charge in [0.15, 0.2) is 0 Å². The molecule has 2 N–H and O–H groups in total. The maximum Gasteiger partial charge on any atom is 0.224 e. The average molecular weight is 371 g/mol. The summed E-state index contributed by atoms with van der Waals surface area (Å²) in [6.45, 7) is 0.503. The van der Waals surface area contributed by atoms with E-state index >= 15 is 0 Å². The molecular weight excluding hydrogens is 350 g/mol. The van der Waals surface area contributed by atoms with Crippen molar-refractivity contribution in [1.82, 2.24) is 9.97 Å². The van der Waals surface area contributed by atoms with Gasteiger partial charge in [0, 0.05) is 12.0 Å². The Balaban J connectivity index is 1.39. The zero-order chi connectivity index (χ0) is 19.2. The van der Waals surface area contributed by atoms with Crippen LogP contribution in [0.15, 0.2) is 78.9 Å². The number of nitrogens with zero attached hydrogens (tertiary/aromatic N) is 1. The maximum absolute atomic E-state index is 12.4.